The van der Waals surface area contributed by atoms with E-state index < -0.39 is 0 Å². The first-order chi connectivity index (χ1) is 15.5. The lowest BCUT2D eigenvalue weighted by molar-refractivity contribution is 0.415. The number of ether oxygens (including phenoxy) is 1. The SMILES string of the molecule is COc1cc(N)c(N(C)CCN(C)C)cc1Nc1nccc(-c2cnn3ccccc23)n1. The van der Waals surface area contributed by atoms with E-state index in [1.807, 2.05) is 74.5 Å². The maximum absolute atomic E-state index is 6.30. The van der Waals surface area contributed by atoms with E-state index in [4.69, 9.17) is 15.5 Å². The Balaban J connectivity index is 1.65. The molecule has 0 aliphatic rings. The van der Waals surface area contributed by atoms with Crippen molar-refractivity contribution in [2.75, 3.05) is 57.3 Å². The standard InChI is InChI=1S/C23H28N8O/c1-29(2)11-12-30(3)21-14-19(22(32-4)13-17(21)24)28-23-25-9-8-18(27-23)16-15-26-31-10-6-5-7-20(16)31/h5-10,13-15H,11-12,24H2,1-4H3,(H,25,27,28). The topological polar surface area (TPSA) is 96.8 Å². The molecule has 0 amide bonds. The molecule has 3 heterocycles. The average molecular weight is 433 g/mol. The first kappa shape index (κ1) is 21.4. The summed E-state index contributed by atoms with van der Waals surface area (Å²) in [6, 6.07) is 11.6. The van der Waals surface area contributed by atoms with Crippen LogP contribution >= 0.6 is 0 Å². The number of hydrogen-bond donors (Lipinski definition) is 2. The molecular formula is C23H28N8O. The molecule has 166 valence electrons. The quantitative estimate of drug-likeness (QED) is 0.410. The van der Waals surface area contributed by atoms with Crippen molar-refractivity contribution in [3.8, 4) is 17.0 Å². The summed E-state index contributed by atoms with van der Waals surface area (Å²) in [7, 11) is 7.73. The molecule has 32 heavy (non-hydrogen) atoms. The van der Waals surface area contributed by atoms with Crippen molar-refractivity contribution >= 4 is 28.5 Å². The summed E-state index contributed by atoms with van der Waals surface area (Å²) in [5.41, 5.74) is 11.3. The number of hydrogen-bond acceptors (Lipinski definition) is 8. The van der Waals surface area contributed by atoms with Crippen molar-refractivity contribution in [1.82, 2.24) is 24.5 Å². The van der Waals surface area contributed by atoms with Crippen molar-refractivity contribution in [3.05, 3.63) is 55.0 Å². The van der Waals surface area contributed by atoms with Gasteiger partial charge in [-0.15, -0.1) is 0 Å². The number of nitrogen functional groups attached to an aromatic ring is 1. The molecule has 3 N–H and O–H groups in total. The zero-order chi connectivity index (χ0) is 22.7. The molecule has 1 aromatic carbocycles. The molecule has 0 aliphatic carbocycles. The van der Waals surface area contributed by atoms with Crippen LogP contribution in [0, 0.1) is 0 Å². The van der Waals surface area contributed by atoms with Gasteiger partial charge in [0.15, 0.2) is 0 Å². The summed E-state index contributed by atoms with van der Waals surface area (Å²) < 4.78 is 7.38. The summed E-state index contributed by atoms with van der Waals surface area (Å²) in [5.74, 6) is 1.08. The van der Waals surface area contributed by atoms with E-state index in [2.05, 4.69) is 25.2 Å². The van der Waals surface area contributed by atoms with Gasteiger partial charge in [0, 0.05) is 44.2 Å². The zero-order valence-corrected chi connectivity index (χ0v) is 18.8. The largest absolute Gasteiger partial charge is 0.494 e. The lowest BCUT2D eigenvalue weighted by Gasteiger charge is -2.24. The average Bonchev–Trinajstić information content (AvgIpc) is 3.23. The predicted octanol–water partition coefficient (Wildman–Crippen LogP) is 3.12. The van der Waals surface area contributed by atoms with Crippen molar-refractivity contribution in [2.24, 2.45) is 0 Å². The minimum absolute atomic E-state index is 0.461. The summed E-state index contributed by atoms with van der Waals surface area (Å²) >= 11 is 0. The number of methoxy groups -OCH3 is 1. The fraction of sp³-hybridized carbons (Fsp3) is 0.261. The summed E-state index contributed by atoms with van der Waals surface area (Å²) in [6.45, 7) is 1.75. The molecular weight excluding hydrogens is 404 g/mol. The number of nitrogens with one attached hydrogen (secondary N) is 1. The smallest absolute Gasteiger partial charge is 0.227 e. The van der Waals surface area contributed by atoms with Gasteiger partial charge < -0.3 is 25.6 Å². The Bertz CT molecular complexity index is 1220. The van der Waals surface area contributed by atoms with Crippen molar-refractivity contribution in [2.45, 2.75) is 0 Å². The van der Waals surface area contributed by atoms with Crippen LogP contribution in [0.4, 0.5) is 23.0 Å². The van der Waals surface area contributed by atoms with Crippen LogP contribution in [0.1, 0.15) is 0 Å². The summed E-state index contributed by atoms with van der Waals surface area (Å²) in [6.07, 6.45) is 5.45. The fourth-order valence-electron chi connectivity index (χ4n) is 3.47. The molecule has 0 unspecified atom stereocenters. The number of rotatable bonds is 8. The van der Waals surface area contributed by atoms with Gasteiger partial charge in [0.1, 0.15) is 5.75 Å². The summed E-state index contributed by atoms with van der Waals surface area (Å²) in [5, 5.41) is 7.69. The molecule has 0 aliphatic heterocycles. The van der Waals surface area contributed by atoms with E-state index in [9.17, 15) is 0 Å². The van der Waals surface area contributed by atoms with E-state index in [1.165, 1.54) is 0 Å². The molecule has 0 spiro atoms. The van der Waals surface area contributed by atoms with Gasteiger partial charge in [-0.2, -0.15) is 5.10 Å². The molecule has 0 fully saturated rings. The lowest BCUT2D eigenvalue weighted by Crippen LogP contribution is -2.29. The highest BCUT2D eigenvalue weighted by molar-refractivity contribution is 5.80. The van der Waals surface area contributed by atoms with E-state index in [0.717, 1.165) is 41.2 Å². The molecule has 4 rings (SSSR count). The third kappa shape index (κ3) is 4.42. The van der Waals surface area contributed by atoms with E-state index >= 15 is 0 Å². The molecule has 9 nitrogen and oxygen atoms in total. The second kappa shape index (κ2) is 9.11. The van der Waals surface area contributed by atoms with Crippen LogP contribution in [-0.4, -0.2) is 65.8 Å². The molecule has 0 atom stereocenters. The lowest BCUT2D eigenvalue weighted by atomic mass is 10.2. The minimum atomic E-state index is 0.461. The minimum Gasteiger partial charge on any atom is -0.494 e. The first-order valence-corrected chi connectivity index (χ1v) is 10.3. The maximum atomic E-state index is 6.30. The number of pyridine rings is 1. The second-order valence-electron chi connectivity index (χ2n) is 7.82. The molecule has 0 bridgehead atoms. The Hall–Kier alpha value is -3.85. The second-order valence-corrected chi connectivity index (χ2v) is 7.82. The zero-order valence-electron chi connectivity index (χ0n) is 18.8. The van der Waals surface area contributed by atoms with Crippen LogP contribution in [0.3, 0.4) is 0 Å². The number of likely N-dealkylation sites (N-methyl/N-ethyl adjacent to an activating group) is 2. The number of nitrogens with two attached hydrogens (primary N) is 1. The van der Waals surface area contributed by atoms with Crippen LogP contribution in [0.2, 0.25) is 0 Å². The number of nitrogens with zero attached hydrogens (tertiary/aromatic N) is 6. The van der Waals surface area contributed by atoms with Gasteiger partial charge in [0.2, 0.25) is 5.95 Å². The van der Waals surface area contributed by atoms with Crippen molar-refractivity contribution in [1.29, 1.82) is 0 Å². The Morgan fingerprint density at radius 2 is 1.97 bits per heavy atom. The van der Waals surface area contributed by atoms with Gasteiger partial charge in [-0.05, 0) is 38.4 Å². The number of aromatic nitrogens is 4. The molecule has 0 saturated carbocycles. The number of anilines is 4. The van der Waals surface area contributed by atoms with Gasteiger partial charge in [-0.1, -0.05) is 6.07 Å². The Morgan fingerprint density at radius 3 is 2.75 bits per heavy atom. The van der Waals surface area contributed by atoms with Crippen molar-refractivity contribution in [3.63, 3.8) is 0 Å². The highest BCUT2D eigenvalue weighted by Gasteiger charge is 2.14. The number of fused-ring (bicyclic) bond motifs is 1. The first-order valence-electron chi connectivity index (χ1n) is 10.3. The fourth-order valence-corrected chi connectivity index (χ4v) is 3.47. The van der Waals surface area contributed by atoms with Crippen LogP contribution in [-0.2, 0) is 0 Å². The molecule has 0 saturated heterocycles. The molecule has 4 aromatic rings. The van der Waals surface area contributed by atoms with Crippen LogP contribution in [0.5, 0.6) is 5.75 Å². The van der Waals surface area contributed by atoms with Crippen LogP contribution in [0.25, 0.3) is 16.8 Å². The molecule has 9 heteroatoms. The van der Waals surface area contributed by atoms with Gasteiger partial charge in [0.05, 0.1) is 41.6 Å². The Kier molecular flexibility index (Phi) is 6.09. The van der Waals surface area contributed by atoms with E-state index in [1.54, 1.807) is 13.3 Å². The van der Waals surface area contributed by atoms with Gasteiger partial charge in [-0.25, -0.2) is 14.5 Å². The Labute approximate surface area is 187 Å². The van der Waals surface area contributed by atoms with Crippen LogP contribution < -0.4 is 20.7 Å². The maximum Gasteiger partial charge on any atom is 0.227 e. The van der Waals surface area contributed by atoms with Crippen molar-refractivity contribution < 1.29 is 4.74 Å². The molecule has 0 radical (unpaired) electrons. The molecule has 3 aromatic heterocycles. The third-order valence-electron chi connectivity index (χ3n) is 5.25. The van der Waals surface area contributed by atoms with Gasteiger partial charge >= 0.3 is 0 Å². The van der Waals surface area contributed by atoms with Gasteiger partial charge in [0.25, 0.3) is 0 Å². The summed E-state index contributed by atoms with van der Waals surface area (Å²) in [4.78, 5) is 13.4. The normalized spacial score (nSPS) is 11.2. The predicted molar refractivity (Wildman–Crippen MR) is 129 cm³/mol. The third-order valence-corrected chi connectivity index (χ3v) is 5.25. The van der Waals surface area contributed by atoms with E-state index in [0.29, 0.717) is 17.4 Å². The van der Waals surface area contributed by atoms with Gasteiger partial charge in [-0.3, -0.25) is 0 Å². The highest BCUT2D eigenvalue weighted by atomic mass is 16.5. The number of benzene rings is 1. The highest BCUT2D eigenvalue weighted by Crippen LogP contribution is 2.36. The Morgan fingerprint density at radius 1 is 1.12 bits per heavy atom. The monoisotopic (exact) mass is 432 g/mol. The van der Waals surface area contributed by atoms with E-state index in [-0.39, 0.29) is 0 Å². The van der Waals surface area contributed by atoms with Crippen LogP contribution in [0.15, 0.2) is 55.0 Å².